The molecule has 2 aromatic carbocycles. The first-order valence-corrected chi connectivity index (χ1v) is 10.4. The van der Waals surface area contributed by atoms with E-state index in [0.29, 0.717) is 16.9 Å². The fraction of sp³-hybridized carbons (Fsp3) is 0.286. The SMILES string of the molecule is COc1ccc2cc([C@@H](N)C(=O)NC3C(=O)N4C(C(=O)O)=C(C)CSC34)ccc2c1. The van der Waals surface area contributed by atoms with E-state index >= 15 is 0 Å². The zero-order valence-electron chi connectivity index (χ0n) is 16.4. The molecule has 0 aromatic heterocycles. The number of β-lactam (4-membered cyclic amide) rings is 1. The van der Waals surface area contributed by atoms with Crippen LogP contribution in [0.15, 0.2) is 47.7 Å². The Labute approximate surface area is 177 Å². The van der Waals surface area contributed by atoms with Gasteiger partial charge in [-0.1, -0.05) is 18.2 Å². The minimum atomic E-state index is -1.14. The Morgan fingerprint density at radius 1 is 1.27 bits per heavy atom. The molecule has 1 fully saturated rings. The van der Waals surface area contributed by atoms with Crippen molar-refractivity contribution in [3.8, 4) is 5.75 Å². The van der Waals surface area contributed by atoms with Crippen molar-refractivity contribution in [3.63, 3.8) is 0 Å². The van der Waals surface area contributed by atoms with Gasteiger partial charge in [-0.2, -0.15) is 0 Å². The van der Waals surface area contributed by atoms with Crippen LogP contribution in [0.5, 0.6) is 5.75 Å². The number of rotatable bonds is 5. The highest BCUT2D eigenvalue weighted by Crippen LogP contribution is 2.40. The van der Waals surface area contributed by atoms with Crippen LogP contribution in [0.25, 0.3) is 10.8 Å². The molecule has 0 spiro atoms. The molecule has 1 saturated heterocycles. The molecule has 4 rings (SSSR count). The Balaban J connectivity index is 1.49. The highest BCUT2D eigenvalue weighted by Gasteiger charge is 2.53. The summed E-state index contributed by atoms with van der Waals surface area (Å²) in [7, 11) is 1.60. The number of amides is 2. The zero-order valence-corrected chi connectivity index (χ0v) is 17.2. The van der Waals surface area contributed by atoms with E-state index in [0.717, 1.165) is 16.5 Å². The van der Waals surface area contributed by atoms with E-state index in [1.165, 1.54) is 16.7 Å². The lowest BCUT2D eigenvalue weighted by molar-refractivity contribution is -0.150. The lowest BCUT2D eigenvalue weighted by Crippen LogP contribution is -2.71. The average molecular weight is 427 g/mol. The third-order valence-electron chi connectivity index (χ3n) is 5.37. The predicted octanol–water partition coefficient (Wildman–Crippen LogP) is 1.61. The van der Waals surface area contributed by atoms with Crippen molar-refractivity contribution in [1.82, 2.24) is 10.2 Å². The van der Waals surface area contributed by atoms with Gasteiger partial charge in [-0.25, -0.2) is 4.79 Å². The molecular weight excluding hydrogens is 406 g/mol. The number of nitrogens with zero attached hydrogens (tertiary/aromatic N) is 1. The van der Waals surface area contributed by atoms with Crippen LogP contribution in [0.3, 0.4) is 0 Å². The zero-order chi connectivity index (χ0) is 21.6. The largest absolute Gasteiger partial charge is 0.497 e. The molecule has 0 bridgehead atoms. The lowest BCUT2D eigenvalue weighted by atomic mass is 9.99. The van der Waals surface area contributed by atoms with E-state index in [1.807, 2.05) is 30.3 Å². The van der Waals surface area contributed by atoms with Crippen molar-refractivity contribution < 1.29 is 24.2 Å². The quantitative estimate of drug-likeness (QED) is 0.620. The number of nitrogens with one attached hydrogen (secondary N) is 1. The molecular formula is C21H21N3O5S. The smallest absolute Gasteiger partial charge is 0.352 e. The highest BCUT2D eigenvalue weighted by molar-refractivity contribution is 8.00. The van der Waals surface area contributed by atoms with Gasteiger partial charge < -0.3 is 20.9 Å². The summed E-state index contributed by atoms with van der Waals surface area (Å²) in [6, 6.07) is 9.32. The number of benzene rings is 2. The Hall–Kier alpha value is -3.04. The van der Waals surface area contributed by atoms with Crippen LogP contribution in [0.1, 0.15) is 18.5 Å². The van der Waals surface area contributed by atoms with Gasteiger partial charge in [0.15, 0.2) is 0 Å². The molecule has 4 N–H and O–H groups in total. The number of thioether (sulfide) groups is 1. The summed E-state index contributed by atoms with van der Waals surface area (Å²) >= 11 is 1.43. The van der Waals surface area contributed by atoms with Gasteiger partial charge in [-0.3, -0.25) is 14.5 Å². The number of aliphatic carboxylic acids is 1. The summed E-state index contributed by atoms with van der Waals surface area (Å²) in [4.78, 5) is 38.0. The second-order valence-corrected chi connectivity index (χ2v) is 8.39. The van der Waals surface area contributed by atoms with E-state index in [1.54, 1.807) is 20.1 Å². The molecule has 2 aromatic rings. The van der Waals surface area contributed by atoms with Crippen molar-refractivity contribution in [2.75, 3.05) is 12.9 Å². The normalized spacial score (nSPS) is 21.7. The Morgan fingerprint density at radius 2 is 1.97 bits per heavy atom. The van der Waals surface area contributed by atoms with Crippen molar-refractivity contribution in [3.05, 3.63) is 53.2 Å². The first-order valence-electron chi connectivity index (χ1n) is 9.33. The summed E-state index contributed by atoms with van der Waals surface area (Å²) in [5.41, 5.74) is 7.40. The Bertz CT molecular complexity index is 1100. The molecule has 2 heterocycles. The highest BCUT2D eigenvalue weighted by atomic mass is 32.2. The Morgan fingerprint density at radius 3 is 2.67 bits per heavy atom. The fourth-order valence-electron chi connectivity index (χ4n) is 3.73. The topological polar surface area (TPSA) is 122 Å². The van der Waals surface area contributed by atoms with Crippen LogP contribution in [-0.2, 0) is 14.4 Å². The van der Waals surface area contributed by atoms with Crippen molar-refractivity contribution >= 4 is 40.3 Å². The first kappa shape index (κ1) is 20.2. The lowest BCUT2D eigenvalue weighted by Gasteiger charge is -2.49. The first-order chi connectivity index (χ1) is 14.3. The summed E-state index contributed by atoms with van der Waals surface area (Å²) in [6.07, 6.45) is 0. The maximum atomic E-state index is 12.7. The fourth-order valence-corrected chi connectivity index (χ4v) is 5.03. The summed E-state index contributed by atoms with van der Waals surface area (Å²) in [5.74, 6) is -0.830. The molecule has 30 heavy (non-hydrogen) atoms. The van der Waals surface area contributed by atoms with Crippen LogP contribution in [-0.4, -0.2) is 52.1 Å². The van der Waals surface area contributed by atoms with Crippen molar-refractivity contribution in [2.45, 2.75) is 24.4 Å². The number of carboxylic acids is 1. The molecule has 2 aliphatic heterocycles. The van der Waals surface area contributed by atoms with Crippen LogP contribution in [0.4, 0.5) is 0 Å². The molecule has 9 heteroatoms. The molecule has 0 aliphatic carbocycles. The number of carboxylic acid groups (broad SMARTS) is 1. The van der Waals surface area contributed by atoms with E-state index in [9.17, 15) is 19.5 Å². The van der Waals surface area contributed by atoms with Gasteiger partial charge >= 0.3 is 5.97 Å². The molecule has 8 nitrogen and oxygen atoms in total. The van der Waals surface area contributed by atoms with E-state index in [-0.39, 0.29) is 5.70 Å². The Kier molecular flexibility index (Phi) is 5.17. The molecule has 2 amide bonds. The number of carbonyl (C=O) groups excluding carboxylic acids is 2. The van der Waals surface area contributed by atoms with E-state index < -0.39 is 35.2 Å². The van der Waals surface area contributed by atoms with Gasteiger partial charge in [0.25, 0.3) is 5.91 Å². The van der Waals surface area contributed by atoms with Gasteiger partial charge in [-0.15, -0.1) is 11.8 Å². The number of hydrogen-bond acceptors (Lipinski definition) is 6. The molecule has 0 saturated carbocycles. The summed E-state index contributed by atoms with van der Waals surface area (Å²) < 4.78 is 5.22. The predicted molar refractivity (Wildman–Crippen MR) is 113 cm³/mol. The number of methoxy groups -OCH3 is 1. The van der Waals surface area contributed by atoms with Crippen LogP contribution < -0.4 is 15.8 Å². The average Bonchev–Trinajstić information content (AvgIpc) is 2.75. The van der Waals surface area contributed by atoms with Crippen LogP contribution in [0.2, 0.25) is 0 Å². The van der Waals surface area contributed by atoms with Crippen molar-refractivity contribution in [1.29, 1.82) is 0 Å². The number of hydrogen-bond donors (Lipinski definition) is 3. The van der Waals surface area contributed by atoms with Gasteiger partial charge in [-0.05, 0) is 47.0 Å². The molecule has 2 aliphatic rings. The molecule has 0 radical (unpaired) electrons. The minimum Gasteiger partial charge on any atom is -0.497 e. The van der Waals surface area contributed by atoms with Gasteiger partial charge in [0, 0.05) is 5.75 Å². The van der Waals surface area contributed by atoms with Gasteiger partial charge in [0.1, 0.15) is 28.9 Å². The van der Waals surface area contributed by atoms with Crippen LogP contribution >= 0.6 is 11.8 Å². The maximum absolute atomic E-state index is 12.7. The standard InChI is InChI=1S/C21H21N3O5S/c1-10-9-30-20-16(19(26)24(20)17(10)21(27)28)23-18(25)15(22)13-4-3-12-8-14(29-2)6-5-11(12)7-13/h3-8,15-16,20H,9,22H2,1-2H3,(H,23,25)(H,27,28)/t15-,16?,20?/m1/s1. The van der Waals surface area contributed by atoms with Crippen molar-refractivity contribution in [2.24, 2.45) is 5.73 Å². The molecule has 2 unspecified atom stereocenters. The third kappa shape index (κ3) is 3.29. The monoisotopic (exact) mass is 427 g/mol. The van der Waals surface area contributed by atoms with E-state index in [2.05, 4.69) is 5.32 Å². The third-order valence-corrected chi connectivity index (χ3v) is 6.80. The number of nitrogens with two attached hydrogens (primary N) is 1. The second kappa shape index (κ2) is 7.66. The minimum absolute atomic E-state index is 0.00325. The molecule has 156 valence electrons. The summed E-state index contributed by atoms with van der Waals surface area (Å²) in [6.45, 7) is 1.69. The summed E-state index contributed by atoms with van der Waals surface area (Å²) in [5, 5.41) is 13.5. The van der Waals surface area contributed by atoms with Gasteiger partial charge in [0.2, 0.25) is 5.91 Å². The van der Waals surface area contributed by atoms with Crippen LogP contribution in [0, 0.1) is 0 Å². The molecule has 3 atom stereocenters. The number of carbonyl (C=O) groups is 3. The van der Waals surface area contributed by atoms with E-state index in [4.69, 9.17) is 10.5 Å². The number of fused-ring (bicyclic) bond motifs is 2. The van der Waals surface area contributed by atoms with Gasteiger partial charge in [0.05, 0.1) is 7.11 Å². The number of ether oxygens (including phenoxy) is 1. The second-order valence-electron chi connectivity index (χ2n) is 7.28. The maximum Gasteiger partial charge on any atom is 0.352 e.